The monoisotopic (exact) mass is 346 g/mol. The van der Waals surface area contributed by atoms with E-state index in [0.29, 0.717) is 12.6 Å². The lowest BCUT2D eigenvalue weighted by Gasteiger charge is -2.40. The molecule has 0 radical (unpaired) electrons. The molecule has 2 atom stereocenters. The number of nitrogens with two attached hydrogens (primary N) is 1. The second kappa shape index (κ2) is 8.79. The standard InChI is InChI=1S/C20H34N4O/c1-20(2,3)18(21)19(25)22-11-8-12-24-14-13-23(4)15-17(24)16-9-6-5-7-10-16/h5-7,9-10,17-18H,8,11-15,21H2,1-4H3,(H,22,25)/t17?,18-/m1/s1. The number of rotatable bonds is 6. The molecule has 1 unspecified atom stereocenters. The van der Waals surface area contributed by atoms with Crippen molar-refractivity contribution in [2.24, 2.45) is 11.1 Å². The number of nitrogens with zero attached hydrogens (tertiary/aromatic N) is 2. The molecule has 1 heterocycles. The maximum atomic E-state index is 12.1. The Bertz CT molecular complexity index is 540. The molecule has 25 heavy (non-hydrogen) atoms. The van der Waals surface area contributed by atoms with Crippen LogP contribution in [0.5, 0.6) is 0 Å². The molecule has 0 saturated carbocycles. The van der Waals surface area contributed by atoms with Gasteiger partial charge in [0, 0.05) is 38.8 Å². The topological polar surface area (TPSA) is 61.6 Å². The van der Waals surface area contributed by atoms with Crippen molar-refractivity contribution in [2.75, 3.05) is 39.8 Å². The Morgan fingerprint density at radius 3 is 2.60 bits per heavy atom. The largest absolute Gasteiger partial charge is 0.355 e. The fourth-order valence-electron chi connectivity index (χ4n) is 3.21. The third-order valence-corrected chi connectivity index (χ3v) is 5.02. The molecule has 1 aromatic rings. The Morgan fingerprint density at radius 1 is 1.28 bits per heavy atom. The summed E-state index contributed by atoms with van der Waals surface area (Å²) in [5.41, 5.74) is 7.16. The molecule has 1 aromatic carbocycles. The van der Waals surface area contributed by atoms with Gasteiger partial charge in [-0.25, -0.2) is 0 Å². The molecular formula is C20H34N4O. The van der Waals surface area contributed by atoms with Crippen molar-refractivity contribution in [2.45, 2.75) is 39.3 Å². The van der Waals surface area contributed by atoms with Gasteiger partial charge in [-0.05, 0) is 24.4 Å². The quantitative estimate of drug-likeness (QED) is 0.772. The number of amides is 1. The van der Waals surface area contributed by atoms with Gasteiger partial charge < -0.3 is 16.0 Å². The van der Waals surface area contributed by atoms with Crippen LogP contribution in [-0.2, 0) is 4.79 Å². The van der Waals surface area contributed by atoms with Gasteiger partial charge in [-0.15, -0.1) is 0 Å². The van der Waals surface area contributed by atoms with E-state index in [0.717, 1.165) is 32.6 Å². The molecule has 140 valence electrons. The van der Waals surface area contributed by atoms with Crippen LogP contribution in [0.2, 0.25) is 0 Å². The third kappa shape index (κ3) is 5.80. The maximum Gasteiger partial charge on any atom is 0.237 e. The molecule has 0 bridgehead atoms. The number of hydrogen-bond acceptors (Lipinski definition) is 4. The van der Waals surface area contributed by atoms with Crippen LogP contribution in [0, 0.1) is 5.41 Å². The highest BCUT2D eigenvalue weighted by molar-refractivity contribution is 5.82. The summed E-state index contributed by atoms with van der Waals surface area (Å²) in [6.45, 7) is 10.8. The number of hydrogen-bond donors (Lipinski definition) is 2. The minimum absolute atomic E-state index is 0.0505. The molecule has 5 heteroatoms. The maximum absolute atomic E-state index is 12.1. The van der Waals surface area contributed by atoms with Gasteiger partial charge in [0.15, 0.2) is 0 Å². The minimum Gasteiger partial charge on any atom is -0.355 e. The van der Waals surface area contributed by atoms with Crippen molar-refractivity contribution in [1.82, 2.24) is 15.1 Å². The van der Waals surface area contributed by atoms with Gasteiger partial charge in [0.1, 0.15) is 0 Å². The van der Waals surface area contributed by atoms with Crippen LogP contribution in [0.1, 0.15) is 38.8 Å². The van der Waals surface area contributed by atoms with Gasteiger partial charge in [0.25, 0.3) is 0 Å². The summed E-state index contributed by atoms with van der Waals surface area (Å²) >= 11 is 0. The molecule has 1 fully saturated rings. The van der Waals surface area contributed by atoms with Crippen molar-refractivity contribution >= 4 is 5.91 Å². The molecule has 3 N–H and O–H groups in total. The molecule has 0 aliphatic carbocycles. The fraction of sp³-hybridized carbons (Fsp3) is 0.650. The predicted octanol–water partition coefficient (Wildman–Crippen LogP) is 1.85. The first-order valence-corrected chi connectivity index (χ1v) is 9.30. The van der Waals surface area contributed by atoms with Gasteiger partial charge in [0.2, 0.25) is 5.91 Å². The summed E-state index contributed by atoms with van der Waals surface area (Å²) in [4.78, 5) is 17.0. The van der Waals surface area contributed by atoms with Crippen LogP contribution in [0.25, 0.3) is 0 Å². The van der Waals surface area contributed by atoms with E-state index >= 15 is 0 Å². The van der Waals surface area contributed by atoms with E-state index in [9.17, 15) is 4.79 Å². The van der Waals surface area contributed by atoms with Crippen LogP contribution in [0.3, 0.4) is 0 Å². The van der Waals surface area contributed by atoms with Crippen molar-refractivity contribution in [3.63, 3.8) is 0 Å². The SMILES string of the molecule is CN1CCN(CCCNC(=O)[C@@H](N)C(C)(C)C)C(c2ccccc2)C1. The lowest BCUT2D eigenvalue weighted by Crippen LogP contribution is -2.49. The zero-order valence-corrected chi connectivity index (χ0v) is 16.2. The first-order chi connectivity index (χ1) is 11.8. The average molecular weight is 347 g/mol. The number of carbonyl (C=O) groups excluding carboxylic acids is 1. The first-order valence-electron chi connectivity index (χ1n) is 9.30. The van der Waals surface area contributed by atoms with Crippen LogP contribution >= 0.6 is 0 Å². The molecular weight excluding hydrogens is 312 g/mol. The van der Waals surface area contributed by atoms with E-state index in [4.69, 9.17) is 5.73 Å². The summed E-state index contributed by atoms with van der Waals surface area (Å²) < 4.78 is 0. The van der Waals surface area contributed by atoms with E-state index in [1.54, 1.807) is 0 Å². The fourth-order valence-corrected chi connectivity index (χ4v) is 3.21. The highest BCUT2D eigenvalue weighted by atomic mass is 16.2. The number of piperazine rings is 1. The van der Waals surface area contributed by atoms with Crippen molar-refractivity contribution in [1.29, 1.82) is 0 Å². The van der Waals surface area contributed by atoms with E-state index in [2.05, 4.69) is 52.5 Å². The first kappa shape index (κ1) is 19.9. The molecule has 1 amide bonds. The highest BCUT2D eigenvalue weighted by Crippen LogP contribution is 2.24. The normalized spacial score (nSPS) is 21.1. The van der Waals surface area contributed by atoms with E-state index in [-0.39, 0.29) is 11.3 Å². The Labute approximate surface area is 152 Å². The summed E-state index contributed by atoms with van der Waals surface area (Å²) in [6, 6.07) is 10.7. The number of likely N-dealkylation sites (N-methyl/N-ethyl adjacent to an activating group) is 1. The molecule has 5 nitrogen and oxygen atoms in total. The van der Waals surface area contributed by atoms with Crippen LogP contribution in [0.4, 0.5) is 0 Å². The number of nitrogens with one attached hydrogen (secondary N) is 1. The Hall–Kier alpha value is -1.43. The Kier molecular flexibility index (Phi) is 6.99. The zero-order chi connectivity index (χ0) is 18.4. The highest BCUT2D eigenvalue weighted by Gasteiger charge is 2.28. The molecule has 1 aliphatic heterocycles. The van der Waals surface area contributed by atoms with E-state index in [1.165, 1.54) is 5.56 Å². The molecule has 0 spiro atoms. The zero-order valence-electron chi connectivity index (χ0n) is 16.2. The summed E-state index contributed by atoms with van der Waals surface area (Å²) in [5, 5.41) is 2.99. The van der Waals surface area contributed by atoms with Crippen molar-refractivity contribution < 1.29 is 4.79 Å². The van der Waals surface area contributed by atoms with Gasteiger partial charge in [-0.3, -0.25) is 9.69 Å². The summed E-state index contributed by atoms with van der Waals surface area (Å²) in [5.74, 6) is -0.0505. The molecule has 2 rings (SSSR count). The minimum atomic E-state index is -0.465. The smallest absolute Gasteiger partial charge is 0.237 e. The van der Waals surface area contributed by atoms with Crippen LogP contribution in [0.15, 0.2) is 30.3 Å². The lowest BCUT2D eigenvalue weighted by molar-refractivity contribution is -0.124. The molecule has 0 aromatic heterocycles. The summed E-state index contributed by atoms with van der Waals surface area (Å²) in [7, 11) is 2.18. The van der Waals surface area contributed by atoms with Gasteiger partial charge in [0.05, 0.1) is 6.04 Å². The lowest BCUT2D eigenvalue weighted by atomic mass is 9.87. The van der Waals surface area contributed by atoms with Crippen molar-refractivity contribution in [3.8, 4) is 0 Å². The van der Waals surface area contributed by atoms with Gasteiger partial charge in [-0.1, -0.05) is 51.1 Å². The van der Waals surface area contributed by atoms with Crippen molar-refractivity contribution in [3.05, 3.63) is 35.9 Å². The Morgan fingerprint density at radius 2 is 1.96 bits per heavy atom. The second-order valence-corrected chi connectivity index (χ2v) is 8.21. The van der Waals surface area contributed by atoms with Gasteiger partial charge >= 0.3 is 0 Å². The molecule has 1 aliphatic rings. The molecule has 1 saturated heterocycles. The summed E-state index contributed by atoms with van der Waals surface area (Å²) in [6.07, 6.45) is 0.940. The third-order valence-electron chi connectivity index (χ3n) is 5.02. The Balaban J connectivity index is 1.83. The van der Waals surface area contributed by atoms with Crippen LogP contribution < -0.4 is 11.1 Å². The predicted molar refractivity (Wildman–Crippen MR) is 103 cm³/mol. The number of benzene rings is 1. The van der Waals surface area contributed by atoms with E-state index < -0.39 is 6.04 Å². The van der Waals surface area contributed by atoms with Crippen LogP contribution in [-0.4, -0.2) is 61.5 Å². The van der Waals surface area contributed by atoms with E-state index in [1.807, 2.05) is 20.8 Å². The average Bonchev–Trinajstić information content (AvgIpc) is 2.58. The number of carbonyl (C=O) groups is 1. The van der Waals surface area contributed by atoms with Gasteiger partial charge in [-0.2, -0.15) is 0 Å². The second-order valence-electron chi connectivity index (χ2n) is 8.21.